The van der Waals surface area contributed by atoms with Crippen LogP contribution in [0.3, 0.4) is 0 Å². The molecular weight excluding hydrogens is 202 g/mol. The lowest BCUT2D eigenvalue weighted by Gasteiger charge is -2.07. The van der Waals surface area contributed by atoms with Crippen LogP contribution in [0.5, 0.6) is 0 Å². The smallest absolute Gasteiger partial charge is 0.338 e. The lowest BCUT2D eigenvalue weighted by atomic mass is 10.1. The highest BCUT2D eigenvalue weighted by molar-refractivity contribution is 5.91. The fourth-order valence-electron chi connectivity index (χ4n) is 1.27. The van der Waals surface area contributed by atoms with Gasteiger partial charge < -0.3 is 4.74 Å². The minimum atomic E-state index is -2.46. The standard InChI is InChI=1S/C11H12F2O2/c1-2-15-11(14)9-6-4-3-5-8(9)7-10(12)13/h3-6,10H,2,7H2,1H3. The van der Waals surface area contributed by atoms with E-state index in [-0.39, 0.29) is 12.2 Å². The summed E-state index contributed by atoms with van der Waals surface area (Å²) < 4.78 is 29.2. The molecule has 0 aliphatic carbocycles. The lowest BCUT2D eigenvalue weighted by Crippen LogP contribution is -2.10. The summed E-state index contributed by atoms with van der Waals surface area (Å²) in [5, 5.41) is 0. The van der Waals surface area contributed by atoms with Crippen LogP contribution in [0.25, 0.3) is 0 Å². The molecule has 4 heteroatoms. The minimum absolute atomic E-state index is 0.222. The number of hydrogen-bond donors (Lipinski definition) is 0. The molecule has 1 aromatic carbocycles. The van der Waals surface area contributed by atoms with Gasteiger partial charge in [-0.1, -0.05) is 18.2 Å². The maximum Gasteiger partial charge on any atom is 0.338 e. The first-order chi connectivity index (χ1) is 7.15. The first kappa shape index (κ1) is 11.6. The Balaban J connectivity index is 2.90. The Morgan fingerprint density at radius 3 is 2.67 bits per heavy atom. The van der Waals surface area contributed by atoms with Gasteiger partial charge in [0, 0.05) is 6.42 Å². The van der Waals surface area contributed by atoms with Gasteiger partial charge >= 0.3 is 5.97 Å². The molecule has 0 saturated carbocycles. The number of esters is 1. The number of benzene rings is 1. The van der Waals surface area contributed by atoms with Crippen molar-refractivity contribution >= 4 is 5.97 Å². The molecule has 1 rings (SSSR count). The molecule has 0 radical (unpaired) electrons. The molecule has 0 amide bonds. The molecule has 0 spiro atoms. The van der Waals surface area contributed by atoms with E-state index in [2.05, 4.69) is 0 Å². The van der Waals surface area contributed by atoms with Crippen LogP contribution in [0.1, 0.15) is 22.8 Å². The van der Waals surface area contributed by atoms with E-state index < -0.39 is 18.8 Å². The molecule has 0 aliphatic heterocycles. The molecular formula is C11H12F2O2. The lowest BCUT2D eigenvalue weighted by molar-refractivity contribution is 0.0524. The molecule has 2 nitrogen and oxygen atoms in total. The van der Waals surface area contributed by atoms with Crippen molar-refractivity contribution in [3.8, 4) is 0 Å². The van der Waals surface area contributed by atoms with E-state index in [9.17, 15) is 13.6 Å². The quantitative estimate of drug-likeness (QED) is 0.720. The molecule has 0 aliphatic rings. The molecule has 0 bridgehead atoms. The summed E-state index contributed by atoms with van der Waals surface area (Å²) in [5.41, 5.74) is 0.547. The zero-order valence-electron chi connectivity index (χ0n) is 8.37. The van der Waals surface area contributed by atoms with Crippen molar-refractivity contribution in [2.24, 2.45) is 0 Å². The third-order valence-corrected chi connectivity index (χ3v) is 1.89. The van der Waals surface area contributed by atoms with Crippen molar-refractivity contribution in [1.82, 2.24) is 0 Å². The fraction of sp³-hybridized carbons (Fsp3) is 0.364. The highest BCUT2D eigenvalue weighted by atomic mass is 19.3. The van der Waals surface area contributed by atoms with Crippen molar-refractivity contribution in [3.63, 3.8) is 0 Å². The minimum Gasteiger partial charge on any atom is -0.462 e. The maximum atomic E-state index is 12.2. The molecule has 1 aromatic rings. The largest absolute Gasteiger partial charge is 0.462 e. The number of rotatable bonds is 4. The van der Waals surface area contributed by atoms with Gasteiger partial charge in [0.2, 0.25) is 6.43 Å². The molecule has 0 unspecified atom stereocenters. The monoisotopic (exact) mass is 214 g/mol. The zero-order chi connectivity index (χ0) is 11.3. The van der Waals surface area contributed by atoms with Crippen molar-refractivity contribution < 1.29 is 18.3 Å². The van der Waals surface area contributed by atoms with Crippen LogP contribution in [-0.4, -0.2) is 19.0 Å². The van der Waals surface area contributed by atoms with E-state index in [0.29, 0.717) is 5.56 Å². The van der Waals surface area contributed by atoms with E-state index in [1.807, 2.05) is 0 Å². The van der Waals surface area contributed by atoms with Gasteiger partial charge in [0.25, 0.3) is 0 Å². The maximum absolute atomic E-state index is 12.2. The molecule has 0 atom stereocenters. The second-order valence-corrected chi connectivity index (χ2v) is 2.97. The van der Waals surface area contributed by atoms with Crippen molar-refractivity contribution in [1.29, 1.82) is 0 Å². The van der Waals surface area contributed by atoms with Crippen molar-refractivity contribution in [2.45, 2.75) is 19.8 Å². The molecule has 0 aromatic heterocycles. The Bertz CT molecular complexity index is 337. The van der Waals surface area contributed by atoms with E-state index in [0.717, 1.165) is 0 Å². The van der Waals surface area contributed by atoms with Crippen molar-refractivity contribution in [3.05, 3.63) is 35.4 Å². The van der Waals surface area contributed by atoms with E-state index in [1.54, 1.807) is 19.1 Å². The molecule has 0 saturated heterocycles. The van der Waals surface area contributed by atoms with Gasteiger partial charge in [0.15, 0.2) is 0 Å². The SMILES string of the molecule is CCOC(=O)c1ccccc1CC(F)F. The first-order valence-electron chi connectivity index (χ1n) is 4.68. The predicted octanol–water partition coefficient (Wildman–Crippen LogP) is 2.67. The van der Waals surface area contributed by atoms with Crippen LogP contribution < -0.4 is 0 Å². The Hall–Kier alpha value is -1.45. The van der Waals surface area contributed by atoms with Crippen LogP contribution in [0.15, 0.2) is 24.3 Å². The number of carbonyl (C=O) groups excluding carboxylic acids is 1. The molecule has 0 fully saturated rings. The average molecular weight is 214 g/mol. The highest BCUT2D eigenvalue weighted by Crippen LogP contribution is 2.14. The fourth-order valence-corrected chi connectivity index (χ4v) is 1.27. The Kier molecular flexibility index (Phi) is 4.21. The van der Waals surface area contributed by atoms with Gasteiger partial charge in [0.1, 0.15) is 0 Å². The molecule has 82 valence electrons. The van der Waals surface area contributed by atoms with Gasteiger partial charge in [-0.2, -0.15) is 0 Å². The van der Waals surface area contributed by atoms with Gasteiger partial charge in [-0.3, -0.25) is 0 Å². The summed E-state index contributed by atoms with van der Waals surface area (Å²) in [7, 11) is 0. The molecule has 0 heterocycles. The van der Waals surface area contributed by atoms with Crippen molar-refractivity contribution in [2.75, 3.05) is 6.61 Å². The first-order valence-corrected chi connectivity index (χ1v) is 4.68. The third-order valence-electron chi connectivity index (χ3n) is 1.89. The average Bonchev–Trinajstić information content (AvgIpc) is 2.18. The second kappa shape index (κ2) is 5.44. The van der Waals surface area contributed by atoms with Crippen LogP contribution in [-0.2, 0) is 11.2 Å². The van der Waals surface area contributed by atoms with E-state index in [1.165, 1.54) is 12.1 Å². The van der Waals surface area contributed by atoms with Crippen LogP contribution >= 0.6 is 0 Å². The number of carbonyl (C=O) groups is 1. The highest BCUT2D eigenvalue weighted by Gasteiger charge is 2.14. The number of halogens is 2. The second-order valence-electron chi connectivity index (χ2n) is 2.97. The summed E-state index contributed by atoms with van der Waals surface area (Å²) in [6.45, 7) is 1.91. The number of alkyl halides is 2. The molecule has 15 heavy (non-hydrogen) atoms. The Morgan fingerprint density at radius 1 is 1.40 bits per heavy atom. The topological polar surface area (TPSA) is 26.3 Å². The van der Waals surface area contributed by atoms with Gasteiger partial charge in [-0.15, -0.1) is 0 Å². The number of ether oxygens (including phenoxy) is 1. The van der Waals surface area contributed by atoms with Crippen LogP contribution in [0.4, 0.5) is 8.78 Å². The summed E-state index contributed by atoms with van der Waals surface area (Å²) in [5.74, 6) is -0.547. The summed E-state index contributed by atoms with van der Waals surface area (Å²) in [4.78, 5) is 11.4. The Morgan fingerprint density at radius 2 is 2.07 bits per heavy atom. The van der Waals surface area contributed by atoms with E-state index >= 15 is 0 Å². The number of hydrogen-bond acceptors (Lipinski definition) is 2. The summed E-state index contributed by atoms with van der Waals surface area (Å²) in [6.07, 6.45) is -2.88. The van der Waals surface area contributed by atoms with Crippen LogP contribution in [0.2, 0.25) is 0 Å². The summed E-state index contributed by atoms with van der Waals surface area (Å²) >= 11 is 0. The van der Waals surface area contributed by atoms with Gasteiger partial charge in [-0.25, -0.2) is 13.6 Å². The Labute approximate surface area is 86.9 Å². The van der Waals surface area contributed by atoms with Gasteiger partial charge in [-0.05, 0) is 18.6 Å². The zero-order valence-corrected chi connectivity index (χ0v) is 8.37. The molecule has 0 N–H and O–H groups in total. The summed E-state index contributed by atoms with van der Waals surface area (Å²) in [6, 6.07) is 6.26. The van der Waals surface area contributed by atoms with Crippen LogP contribution in [0, 0.1) is 0 Å². The van der Waals surface area contributed by atoms with Gasteiger partial charge in [0.05, 0.1) is 12.2 Å². The third kappa shape index (κ3) is 3.31. The van der Waals surface area contributed by atoms with E-state index in [4.69, 9.17) is 4.74 Å². The predicted molar refractivity (Wildman–Crippen MR) is 52.1 cm³/mol. The normalized spacial score (nSPS) is 10.4.